The van der Waals surface area contributed by atoms with Crippen LogP contribution in [-0.4, -0.2) is 23.9 Å². The van der Waals surface area contributed by atoms with Crippen LogP contribution in [0.15, 0.2) is 88.9 Å². The largest absolute Gasteiger partial charge is 0.507 e. The maximum Gasteiger partial charge on any atom is 0.300 e. The molecule has 1 atom stereocenters. The molecule has 0 spiro atoms. The Morgan fingerprint density at radius 1 is 0.933 bits per heavy atom. The van der Waals surface area contributed by atoms with E-state index in [-0.39, 0.29) is 11.3 Å². The Balaban J connectivity index is 1.92. The number of amides is 1. The van der Waals surface area contributed by atoms with Crippen LogP contribution in [0.3, 0.4) is 0 Å². The molecule has 0 saturated carbocycles. The van der Waals surface area contributed by atoms with Gasteiger partial charge in [0.05, 0.1) is 18.7 Å². The summed E-state index contributed by atoms with van der Waals surface area (Å²) in [5.74, 6) is -0.969. The molecule has 4 rings (SSSR count). The minimum Gasteiger partial charge on any atom is -0.507 e. The molecular formula is C24H18BrNO4. The lowest BCUT2D eigenvalue weighted by atomic mass is 9.95. The van der Waals surface area contributed by atoms with E-state index < -0.39 is 17.7 Å². The van der Waals surface area contributed by atoms with Crippen LogP contribution in [0.1, 0.15) is 17.2 Å². The van der Waals surface area contributed by atoms with E-state index in [2.05, 4.69) is 15.9 Å². The summed E-state index contributed by atoms with van der Waals surface area (Å²) in [7, 11) is 1.56. The second-order valence-electron chi connectivity index (χ2n) is 6.78. The van der Waals surface area contributed by atoms with Gasteiger partial charge in [-0.25, -0.2) is 0 Å². The number of benzene rings is 3. The Morgan fingerprint density at radius 2 is 1.57 bits per heavy atom. The third-order valence-electron chi connectivity index (χ3n) is 5.03. The molecule has 0 aromatic heterocycles. The number of Topliss-reactive ketones (excluding diaryl/α,β-unsaturated/α-hetero) is 1. The van der Waals surface area contributed by atoms with E-state index in [0.29, 0.717) is 22.6 Å². The Bertz CT molecular complexity index is 1120. The normalized spacial score (nSPS) is 17.9. The van der Waals surface area contributed by atoms with Gasteiger partial charge in [-0.3, -0.25) is 14.5 Å². The van der Waals surface area contributed by atoms with Gasteiger partial charge in [0.15, 0.2) is 0 Å². The van der Waals surface area contributed by atoms with Crippen LogP contribution in [0.2, 0.25) is 0 Å². The van der Waals surface area contributed by atoms with E-state index in [4.69, 9.17) is 4.74 Å². The van der Waals surface area contributed by atoms with E-state index in [9.17, 15) is 14.7 Å². The molecule has 1 amide bonds. The van der Waals surface area contributed by atoms with E-state index >= 15 is 0 Å². The lowest BCUT2D eigenvalue weighted by Gasteiger charge is -2.25. The molecule has 0 radical (unpaired) electrons. The zero-order chi connectivity index (χ0) is 21.3. The van der Waals surface area contributed by atoms with Crippen LogP contribution in [0, 0.1) is 0 Å². The molecule has 150 valence electrons. The van der Waals surface area contributed by atoms with Crippen molar-refractivity contribution < 1.29 is 19.4 Å². The number of hydrogen-bond acceptors (Lipinski definition) is 4. The summed E-state index contributed by atoms with van der Waals surface area (Å²) in [6.45, 7) is 0. The number of hydrogen-bond donors (Lipinski definition) is 1. The summed E-state index contributed by atoms with van der Waals surface area (Å²) < 4.78 is 6.07. The SMILES string of the molecule is COc1ccc(N2C(=O)C(=O)C(=C(O)c3ccccc3)C2c2ccc(Br)cc2)cc1. The summed E-state index contributed by atoms with van der Waals surface area (Å²) in [4.78, 5) is 27.5. The molecule has 0 bridgehead atoms. The van der Waals surface area contributed by atoms with Crippen molar-refractivity contribution in [1.29, 1.82) is 0 Å². The number of halogens is 1. The van der Waals surface area contributed by atoms with Gasteiger partial charge in [-0.15, -0.1) is 0 Å². The first-order valence-electron chi connectivity index (χ1n) is 9.27. The number of carbonyl (C=O) groups excluding carboxylic acids is 2. The highest BCUT2D eigenvalue weighted by Gasteiger charge is 2.46. The topological polar surface area (TPSA) is 66.8 Å². The van der Waals surface area contributed by atoms with E-state index in [1.807, 2.05) is 30.3 Å². The standard InChI is InChI=1S/C24H18BrNO4/c1-30-19-13-11-18(12-14-19)26-21(15-7-9-17(25)10-8-15)20(23(28)24(26)29)22(27)16-5-3-2-4-6-16/h2-14,21,27H,1H3. The second-order valence-corrected chi connectivity index (χ2v) is 7.70. The zero-order valence-electron chi connectivity index (χ0n) is 16.1. The van der Waals surface area contributed by atoms with Crippen molar-refractivity contribution in [2.24, 2.45) is 0 Å². The van der Waals surface area contributed by atoms with Crippen LogP contribution >= 0.6 is 15.9 Å². The van der Waals surface area contributed by atoms with Crippen molar-refractivity contribution in [3.05, 3.63) is 100 Å². The third-order valence-corrected chi connectivity index (χ3v) is 5.56. The molecule has 1 aliphatic rings. The predicted octanol–water partition coefficient (Wildman–Crippen LogP) is 5.08. The first-order valence-corrected chi connectivity index (χ1v) is 10.1. The average Bonchev–Trinajstić information content (AvgIpc) is 3.05. The van der Waals surface area contributed by atoms with Gasteiger partial charge in [-0.05, 0) is 42.0 Å². The van der Waals surface area contributed by atoms with Crippen molar-refractivity contribution in [1.82, 2.24) is 0 Å². The summed E-state index contributed by atoms with van der Waals surface area (Å²) in [6, 6.07) is 22.2. The first-order chi connectivity index (χ1) is 14.5. The van der Waals surface area contributed by atoms with Gasteiger partial charge in [-0.2, -0.15) is 0 Å². The Hall–Kier alpha value is -3.38. The Labute approximate surface area is 182 Å². The van der Waals surface area contributed by atoms with E-state index in [1.165, 1.54) is 4.90 Å². The molecule has 5 nitrogen and oxygen atoms in total. The third kappa shape index (κ3) is 3.50. The van der Waals surface area contributed by atoms with Gasteiger partial charge in [0.1, 0.15) is 11.5 Å². The van der Waals surface area contributed by atoms with E-state index in [0.717, 1.165) is 4.47 Å². The highest BCUT2D eigenvalue weighted by molar-refractivity contribution is 9.10. The zero-order valence-corrected chi connectivity index (χ0v) is 17.7. The van der Waals surface area contributed by atoms with Crippen molar-refractivity contribution >= 4 is 39.1 Å². The van der Waals surface area contributed by atoms with Gasteiger partial charge in [0.25, 0.3) is 11.7 Å². The fourth-order valence-corrected chi connectivity index (χ4v) is 3.82. The molecule has 3 aromatic carbocycles. The fraction of sp³-hybridized carbons (Fsp3) is 0.0833. The van der Waals surface area contributed by atoms with Crippen molar-refractivity contribution in [3.8, 4) is 5.75 Å². The molecule has 0 aliphatic carbocycles. The minimum atomic E-state index is -0.758. The number of nitrogens with zero attached hydrogens (tertiary/aromatic N) is 1. The molecular weight excluding hydrogens is 446 g/mol. The predicted molar refractivity (Wildman–Crippen MR) is 118 cm³/mol. The maximum absolute atomic E-state index is 13.0. The number of ether oxygens (including phenoxy) is 1. The average molecular weight is 464 g/mol. The van der Waals surface area contributed by atoms with Crippen molar-refractivity contribution in [2.45, 2.75) is 6.04 Å². The van der Waals surface area contributed by atoms with Gasteiger partial charge in [0, 0.05) is 15.7 Å². The van der Waals surface area contributed by atoms with Crippen molar-refractivity contribution in [3.63, 3.8) is 0 Å². The van der Waals surface area contributed by atoms with Crippen LogP contribution in [0.25, 0.3) is 5.76 Å². The molecule has 1 N–H and O–H groups in total. The van der Waals surface area contributed by atoms with Gasteiger partial charge >= 0.3 is 0 Å². The second kappa shape index (κ2) is 8.16. The summed E-state index contributed by atoms with van der Waals surface area (Å²) >= 11 is 3.41. The molecule has 1 heterocycles. The summed E-state index contributed by atoms with van der Waals surface area (Å²) in [5, 5.41) is 11.0. The molecule has 1 saturated heterocycles. The maximum atomic E-state index is 13.0. The number of aliphatic hydroxyl groups is 1. The number of rotatable bonds is 4. The smallest absolute Gasteiger partial charge is 0.300 e. The number of carbonyl (C=O) groups is 2. The summed E-state index contributed by atoms with van der Waals surface area (Å²) in [6.07, 6.45) is 0. The molecule has 30 heavy (non-hydrogen) atoms. The molecule has 6 heteroatoms. The first kappa shape index (κ1) is 19.9. The minimum absolute atomic E-state index is 0.0596. The quantitative estimate of drug-likeness (QED) is 0.332. The monoisotopic (exact) mass is 463 g/mol. The van der Waals surface area contributed by atoms with Crippen molar-refractivity contribution in [2.75, 3.05) is 12.0 Å². The Morgan fingerprint density at radius 3 is 2.17 bits per heavy atom. The highest BCUT2D eigenvalue weighted by atomic mass is 79.9. The van der Waals surface area contributed by atoms with Crippen LogP contribution in [-0.2, 0) is 9.59 Å². The molecule has 1 aliphatic heterocycles. The summed E-state index contributed by atoms with van der Waals surface area (Å²) in [5.41, 5.74) is 1.79. The number of methoxy groups -OCH3 is 1. The number of anilines is 1. The van der Waals surface area contributed by atoms with Crippen LogP contribution < -0.4 is 9.64 Å². The fourth-order valence-electron chi connectivity index (χ4n) is 3.55. The molecule has 1 unspecified atom stereocenters. The molecule has 3 aromatic rings. The van der Waals surface area contributed by atoms with E-state index in [1.54, 1.807) is 55.6 Å². The molecule has 1 fully saturated rings. The van der Waals surface area contributed by atoms with Gasteiger partial charge < -0.3 is 9.84 Å². The van der Waals surface area contributed by atoms with Gasteiger partial charge in [0.2, 0.25) is 0 Å². The van der Waals surface area contributed by atoms with Crippen LogP contribution in [0.5, 0.6) is 5.75 Å². The van der Waals surface area contributed by atoms with Crippen LogP contribution in [0.4, 0.5) is 5.69 Å². The number of ketones is 1. The Kier molecular flexibility index (Phi) is 5.42. The lowest BCUT2D eigenvalue weighted by molar-refractivity contribution is -0.132. The lowest BCUT2D eigenvalue weighted by Crippen LogP contribution is -2.29. The number of aliphatic hydroxyl groups excluding tert-OH is 1. The van der Waals surface area contributed by atoms with Gasteiger partial charge in [-0.1, -0.05) is 58.4 Å². The highest BCUT2D eigenvalue weighted by Crippen LogP contribution is 2.42.